The third-order valence-electron chi connectivity index (χ3n) is 5.76. The largest absolute Gasteiger partial charge is 0.490 e. The SMILES string of the molecule is COCc1ccc(-c2ccc(OC3CCN(S(=O)(=O)c4cccc(C#N)c4)CC3)cc2)cc1. The maximum atomic E-state index is 12.9. The second kappa shape index (κ2) is 10.2. The van der Waals surface area contributed by atoms with Gasteiger partial charge in [-0.1, -0.05) is 42.5 Å². The van der Waals surface area contributed by atoms with Gasteiger partial charge in [0.15, 0.2) is 0 Å². The van der Waals surface area contributed by atoms with Gasteiger partial charge in [0.05, 0.1) is 23.1 Å². The van der Waals surface area contributed by atoms with E-state index in [2.05, 4.69) is 24.3 Å². The van der Waals surface area contributed by atoms with Crippen LogP contribution in [0.1, 0.15) is 24.0 Å². The Labute approximate surface area is 195 Å². The van der Waals surface area contributed by atoms with Crippen molar-refractivity contribution in [1.82, 2.24) is 4.31 Å². The number of rotatable bonds is 7. The second-order valence-electron chi connectivity index (χ2n) is 8.02. The number of ether oxygens (including phenoxy) is 2. The minimum atomic E-state index is -3.62. The van der Waals surface area contributed by atoms with Crippen molar-refractivity contribution in [2.24, 2.45) is 0 Å². The maximum Gasteiger partial charge on any atom is 0.243 e. The van der Waals surface area contributed by atoms with Crippen molar-refractivity contribution < 1.29 is 17.9 Å². The Hall–Kier alpha value is -3.18. The fourth-order valence-corrected chi connectivity index (χ4v) is 5.46. The summed E-state index contributed by atoms with van der Waals surface area (Å²) in [5.74, 6) is 0.776. The summed E-state index contributed by atoms with van der Waals surface area (Å²) in [6.07, 6.45) is 1.18. The van der Waals surface area contributed by atoms with Crippen LogP contribution in [0.25, 0.3) is 11.1 Å². The fraction of sp³-hybridized carbons (Fsp3) is 0.269. The Bertz CT molecular complexity index is 1220. The van der Waals surface area contributed by atoms with E-state index in [0.29, 0.717) is 38.1 Å². The van der Waals surface area contributed by atoms with Crippen LogP contribution >= 0.6 is 0 Å². The molecule has 1 aliphatic rings. The lowest BCUT2D eigenvalue weighted by Gasteiger charge is -2.31. The molecule has 3 aromatic carbocycles. The predicted octanol–water partition coefficient (Wildman–Crippen LogP) is 4.60. The van der Waals surface area contributed by atoms with Crippen LogP contribution in [-0.4, -0.2) is 39.0 Å². The topological polar surface area (TPSA) is 79.6 Å². The van der Waals surface area contributed by atoms with Crippen molar-refractivity contribution in [2.45, 2.75) is 30.4 Å². The Kier molecular flexibility index (Phi) is 7.09. The summed E-state index contributed by atoms with van der Waals surface area (Å²) in [6, 6.07) is 24.4. The van der Waals surface area contributed by atoms with Crippen LogP contribution in [-0.2, 0) is 21.4 Å². The van der Waals surface area contributed by atoms with Gasteiger partial charge >= 0.3 is 0 Å². The van der Waals surface area contributed by atoms with Gasteiger partial charge in [0.1, 0.15) is 11.9 Å². The van der Waals surface area contributed by atoms with Gasteiger partial charge in [-0.3, -0.25) is 0 Å². The normalized spacial score (nSPS) is 15.2. The molecule has 0 spiro atoms. The average molecular weight is 463 g/mol. The van der Waals surface area contributed by atoms with Gasteiger partial charge in [-0.05, 0) is 59.9 Å². The first kappa shape index (κ1) is 23.0. The highest BCUT2D eigenvalue weighted by molar-refractivity contribution is 7.89. The highest BCUT2D eigenvalue weighted by Gasteiger charge is 2.30. The lowest BCUT2D eigenvalue weighted by Crippen LogP contribution is -2.41. The van der Waals surface area contributed by atoms with Crippen molar-refractivity contribution in [1.29, 1.82) is 5.26 Å². The molecule has 0 aromatic heterocycles. The summed E-state index contributed by atoms with van der Waals surface area (Å²) in [6.45, 7) is 1.37. The van der Waals surface area contributed by atoms with Crippen molar-refractivity contribution in [3.05, 3.63) is 83.9 Å². The fourth-order valence-electron chi connectivity index (χ4n) is 3.94. The Morgan fingerprint density at radius 3 is 2.21 bits per heavy atom. The molecular weight excluding hydrogens is 436 g/mol. The van der Waals surface area contributed by atoms with Gasteiger partial charge in [-0.2, -0.15) is 9.57 Å². The lowest BCUT2D eigenvalue weighted by molar-refractivity contribution is 0.135. The van der Waals surface area contributed by atoms with Crippen LogP contribution in [0.15, 0.2) is 77.7 Å². The van der Waals surface area contributed by atoms with Crippen molar-refractivity contribution in [3.63, 3.8) is 0 Å². The summed E-state index contributed by atoms with van der Waals surface area (Å²) in [4.78, 5) is 0.159. The van der Waals surface area contributed by atoms with Crippen LogP contribution in [0.2, 0.25) is 0 Å². The molecule has 0 aliphatic carbocycles. The molecule has 0 radical (unpaired) electrons. The third kappa shape index (κ3) is 5.42. The minimum Gasteiger partial charge on any atom is -0.490 e. The standard InChI is InChI=1S/C26H26N2O4S/c1-31-19-20-5-7-22(8-6-20)23-9-11-24(12-10-23)32-25-13-15-28(16-14-25)33(29,30)26-4-2-3-21(17-26)18-27/h2-12,17,25H,13-16,19H2,1H3. The molecule has 6 nitrogen and oxygen atoms in total. The summed E-state index contributed by atoms with van der Waals surface area (Å²) < 4.78 is 38.6. The second-order valence-corrected chi connectivity index (χ2v) is 9.95. The van der Waals surface area contributed by atoms with Gasteiger partial charge < -0.3 is 9.47 Å². The lowest BCUT2D eigenvalue weighted by atomic mass is 10.0. The average Bonchev–Trinajstić information content (AvgIpc) is 2.86. The molecule has 7 heteroatoms. The van der Waals surface area contributed by atoms with Crippen LogP contribution in [0.3, 0.4) is 0 Å². The zero-order chi connectivity index (χ0) is 23.3. The van der Waals surface area contributed by atoms with Crippen LogP contribution in [0.4, 0.5) is 0 Å². The molecule has 0 amide bonds. The number of sulfonamides is 1. The maximum absolute atomic E-state index is 12.9. The van der Waals surface area contributed by atoms with E-state index in [-0.39, 0.29) is 11.0 Å². The van der Waals surface area contributed by atoms with Gasteiger partial charge in [0.25, 0.3) is 0 Å². The Morgan fingerprint density at radius 1 is 0.970 bits per heavy atom. The molecular formula is C26H26N2O4S. The van der Waals surface area contributed by atoms with E-state index in [0.717, 1.165) is 22.4 Å². The van der Waals surface area contributed by atoms with Gasteiger partial charge in [0, 0.05) is 20.2 Å². The minimum absolute atomic E-state index is 0.0407. The van der Waals surface area contributed by atoms with Crippen molar-refractivity contribution in [2.75, 3.05) is 20.2 Å². The molecule has 1 fully saturated rings. The Morgan fingerprint density at radius 2 is 1.61 bits per heavy atom. The summed E-state index contributed by atoms with van der Waals surface area (Å²) in [7, 11) is -1.93. The molecule has 0 atom stereocenters. The third-order valence-corrected chi connectivity index (χ3v) is 7.65. The first-order chi connectivity index (χ1) is 16.0. The molecule has 3 aromatic rings. The molecule has 4 rings (SSSR count). The first-order valence-corrected chi connectivity index (χ1v) is 12.3. The number of hydrogen-bond acceptors (Lipinski definition) is 5. The van der Waals surface area contributed by atoms with Crippen molar-refractivity contribution in [3.8, 4) is 22.9 Å². The van der Waals surface area contributed by atoms with Gasteiger partial charge in [0.2, 0.25) is 10.0 Å². The van der Waals surface area contributed by atoms with E-state index in [1.165, 1.54) is 16.4 Å². The van der Waals surface area contributed by atoms with E-state index < -0.39 is 10.0 Å². The van der Waals surface area contributed by atoms with Crippen LogP contribution in [0, 0.1) is 11.3 Å². The van der Waals surface area contributed by atoms with Gasteiger partial charge in [-0.25, -0.2) is 8.42 Å². The predicted molar refractivity (Wildman–Crippen MR) is 126 cm³/mol. The van der Waals surface area contributed by atoms with Gasteiger partial charge in [-0.15, -0.1) is 0 Å². The highest BCUT2D eigenvalue weighted by Crippen LogP contribution is 2.27. The monoisotopic (exact) mass is 462 g/mol. The molecule has 0 N–H and O–H groups in total. The molecule has 0 bridgehead atoms. The number of piperidine rings is 1. The molecule has 1 saturated heterocycles. The van der Waals surface area contributed by atoms with Crippen molar-refractivity contribution >= 4 is 10.0 Å². The van der Waals surface area contributed by atoms with Crippen LogP contribution in [0.5, 0.6) is 5.75 Å². The quantitative estimate of drug-likeness (QED) is 0.513. The number of benzene rings is 3. The Balaban J connectivity index is 1.34. The smallest absolute Gasteiger partial charge is 0.243 e. The number of nitrogens with zero attached hydrogens (tertiary/aromatic N) is 2. The van der Waals surface area contributed by atoms with E-state index in [4.69, 9.17) is 14.7 Å². The first-order valence-electron chi connectivity index (χ1n) is 10.8. The zero-order valence-corrected chi connectivity index (χ0v) is 19.3. The van der Waals surface area contributed by atoms with E-state index in [1.807, 2.05) is 30.3 Å². The van der Waals surface area contributed by atoms with E-state index in [9.17, 15) is 8.42 Å². The molecule has 0 saturated carbocycles. The summed E-state index contributed by atoms with van der Waals surface area (Å²) >= 11 is 0. The van der Waals surface area contributed by atoms with Crippen LogP contribution < -0.4 is 4.74 Å². The number of nitriles is 1. The van der Waals surface area contributed by atoms with E-state index in [1.54, 1.807) is 19.2 Å². The molecule has 170 valence electrons. The number of methoxy groups -OCH3 is 1. The molecule has 1 heterocycles. The number of hydrogen-bond donors (Lipinski definition) is 0. The summed E-state index contributed by atoms with van der Waals surface area (Å²) in [5, 5.41) is 9.05. The zero-order valence-electron chi connectivity index (χ0n) is 18.5. The molecule has 1 aliphatic heterocycles. The highest BCUT2D eigenvalue weighted by atomic mass is 32.2. The van der Waals surface area contributed by atoms with E-state index >= 15 is 0 Å². The molecule has 0 unspecified atom stereocenters. The summed E-state index contributed by atoms with van der Waals surface area (Å²) in [5.41, 5.74) is 3.70. The molecule has 33 heavy (non-hydrogen) atoms.